The van der Waals surface area contributed by atoms with Crippen molar-refractivity contribution < 1.29 is 4.79 Å². The van der Waals surface area contributed by atoms with Crippen molar-refractivity contribution in [2.75, 3.05) is 0 Å². The molecule has 88 valence electrons. The van der Waals surface area contributed by atoms with Gasteiger partial charge in [-0.3, -0.25) is 4.79 Å². The summed E-state index contributed by atoms with van der Waals surface area (Å²) in [5.74, 6) is 0.674. The molecule has 3 heteroatoms. The van der Waals surface area contributed by atoms with Gasteiger partial charge in [-0.25, -0.2) is 0 Å². The summed E-state index contributed by atoms with van der Waals surface area (Å²) in [5, 5.41) is 12.2. The lowest BCUT2D eigenvalue weighted by atomic mass is 9.80. The van der Waals surface area contributed by atoms with Gasteiger partial charge in [0.25, 0.3) is 0 Å². The van der Waals surface area contributed by atoms with E-state index in [4.69, 9.17) is 0 Å². The van der Waals surface area contributed by atoms with Crippen LogP contribution in [0.15, 0.2) is 0 Å². The van der Waals surface area contributed by atoms with Crippen LogP contribution in [0.5, 0.6) is 0 Å². The van der Waals surface area contributed by atoms with Crippen LogP contribution in [0.3, 0.4) is 0 Å². The Labute approximate surface area is 97.2 Å². The monoisotopic (exact) mass is 220 g/mol. The highest BCUT2D eigenvalue weighted by Crippen LogP contribution is 2.31. The number of nitriles is 1. The van der Waals surface area contributed by atoms with Gasteiger partial charge in [0.1, 0.15) is 5.54 Å². The molecule has 0 heterocycles. The summed E-state index contributed by atoms with van der Waals surface area (Å²) >= 11 is 0. The number of nitrogens with one attached hydrogen (secondary N) is 1. The Kier molecular flexibility index (Phi) is 3.48. The standard InChI is InChI=1S/C13H20N2O/c14-10-13(7-2-1-3-8-13)15-12(16)9-11-5-4-6-11/h11H,1-9H2,(H,15,16). The average molecular weight is 220 g/mol. The summed E-state index contributed by atoms with van der Waals surface area (Å²) in [6.45, 7) is 0. The van der Waals surface area contributed by atoms with E-state index in [9.17, 15) is 10.1 Å². The molecule has 0 aromatic heterocycles. The summed E-state index contributed by atoms with van der Waals surface area (Å²) in [6, 6.07) is 2.33. The maximum absolute atomic E-state index is 11.8. The van der Waals surface area contributed by atoms with Crippen molar-refractivity contribution in [2.24, 2.45) is 5.92 Å². The second-order valence-electron chi connectivity index (χ2n) is 5.30. The first kappa shape index (κ1) is 11.4. The molecule has 0 saturated heterocycles. The normalized spacial score (nSPS) is 24.2. The molecule has 3 nitrogen and oxygen atoms in total. The van der Waals surface area contributed by atoms with Gasteiger partial charge in [-0.1, -0.05) is 25.7 Å². The highest BCUT2D eigenvalue weighted by molar-refractivity contribution is 5.77. The lowest BCUT2D eigenvalue weighted by molar-refractivity contribution is -0.124. The Balaban J connectivity index is 1.85. The van der Waals surface area contributed by atoms with Crippen LogP contribution in [0.1, 0.15) is 57.8 Å². The molecule has 0 atom stereocenters. The Morgan fingerprint density at radius 1 is 1.25 bits per heavy atom. The van der Waals surface area contributed by atoms with Crippen LogP contribution < -0.4 is 5.32 Å². The fourth-order valence-electron chi connectivity index (χ4n) is 2.70. The van der Waals surface area contributed by atoms with Crippen molar-refractivity contribution in [2.45, 2.75) is 63.3 Å². The van der Waals surface area contributed by atoms with Crippen LogP contribution in [0.2, 0.25) is 0 Å². The summed E-state index contributed by atoms with van der Waals surface area (Å²) in [7, 11) is 0. The van der Waals surface area contributed by atoms with Gasteiger partial charge >= 0.3 is 0 Å². The summed E-state index contributed by atoms with van der Waals surface area (Å²) in [4.78, 5) is 11.8. The molecule has 2 rings (SSSR count). The summed E-state index contributed by atoms with van der Waals surface area (Å²) < 4.78 is 0. The van der Waals surface area contributed by atoms with Crippen molar-refractivity contribution in [1.29, 1.82) is 5.26 Å². The van der Waals surface area contributed by atoms with E-state index < -0.39 is 5.54 Å². The van der Waals surface area contributed by atoms with Crippen LogP contribution in [0, 0.1) is 17.2 Å². The van der Waals surface area contributed by atoms with Crippen molar-refractivity contribution >= 4 is 5.91 Å². The maximum Gasteiger partial charge on any atom is 0.221 e. The molecule has 0 bridgehead atoms. The minimum Gasteiger partial charge on any atom is -0.338 e. The van der Waals surface area contributed by atoms with Crippen molar-refractivity contribution in [1.82, 2.24) is 5.32 Å². The number of hydrogen-bond donors (Lipinski definition) is 1. The second kappa shape index (κ2) is 4.86. The van der Waals surface area contributed by atoms with E-state index in [2.05, 4.69) is 11.4 Å². The molecule has 2 aliphatic rings. The maximum atomic E-state index is 11.8. The van der Waals surface area contributed by atoms with Crippen molar-refractivity contribution in [3.8, 4) is 6.07 Å². The van der Waals surface area contributed by atoms with Crippen LogP contribution >= 0.6 is 0 Å². The number of carbonyl (C=O) groups is 1. The highest BCUT2D eigenvalue weighted by Gasteiger charge is 2.34. The quantitative estimate of drug-likeness (QED) is 0.794. The highest BCUT2D eigenvalue weighted by atomic mass is 16.1. The molecule has 2 fully saturated rings. The van der Waals surface area contributed by atoms with Gasteiger partial charge in [0, 0.05) is 6.42 Å². The molecular formula is C13H20N2O. The van der Waals surface area contributed by atoms with Crippen molar-refractivity contribution in [3.63, 3.8) is 0 Å². The SMILES string of the molecule is N#CC1(NC(=O)CC2CCC2)CCCCC1. The molecule has 2 saturated carbocycles. The molecular weight excluding hydrogens is 200 g/mol. The predicted octanol–water partition coefficient (Wildman–Crippen LogP) is 2.52. The molecule has 0 radical (unpaired) electrons. The minimum atomic E-state index is -0.543. The third kappa shape index (κ3) is 2.55. The Hall–Kier alpha value is -1.04. The number of carbonyl (C=O) groups excluding carboxylic acids is 1. The first-order chi connectivity index (χ1) is 7.74. The molecule has 0 aliphatic heterocycles. The van der Waals surface area contributed by atoms with Crippen LogP contribution in [0.4, 0.5) is 0 Å². The van der Waals surface area contributed by atoms with Gasteiger partial charge in [0.15, 0.2) is 0 Å². The molecule has 2 aliphatic carbocycles. The van der Waals surface area contributed by atoms with Crippen molar-refractivity contribution in [3.05, 3.63) is 0 Å². The topological polar surface area (TPSA) is 52.9 Å². The fraction of sp³-hybridized carbons (Fsp3) is 0.846. The number of rotatable bonds is 3. The lowest BCUT2D eigenvalue weighted by Gasteiger charge is -2.33. The number of hydrogen-bond acceptors (Lipinski definition) is 2. The first-order valence-corrected chi connectivity index (χ1v) is 6.46. The van der Waals surface area contributed by atoms with Crippen LogP contribution in [0.25, 0.3) is 0 Å². The number of nitrogens with zero attached hydrogens (tertiary/aromatic N) is 1. The zero-order chi connectivity index (χ0) is 11.4. The van der Waals surface area contributed by atoms with E-state index in [1.807, 2.05) is 0 Å². The molecule has 0 aromatic carbocycles. The van der Waals surface area contributed by atoms with Gasteiger partial charge in [0.05, 0.1) is 6.07 Å². The van der Waals surface area contributed by atoms with Gasteiger partial charge in [-0.05, 0) is 31.6 Å². The van der Waals surface area contributed by atoms with E-state index >= 15 is 0 Å². The van der Waals surface area contributed by atoms with Crippen LogP contribution in [-0.2, 0) is 4.79 Å². The van der Waals surface area contributed by atoms with E-state index in [1.165, 1.54) is 25.7 Å². The molecule has 16 heavy (non-hydrogen) atoms. The van der Waals surface area contributed by atoms with Gasteiger partial charge < -0.3 is 5.32 Å². The molecule has 0 unspecified atom stereocenters. The zero-order valence-corrected chi connectivity index (χ0v) is 9.80. The Morgan fingerprint density at radius 3 is 2.44 bits per heavy atom. The molecule has 1 amide bonds. The molecule has 0 spiro atoms. The Morgan fingerprint density at radius 2 is 1.94 bits per heavy atom. The van der Waals surface area contributed by atoms with Crippen LogP contribution in [-0.4, -0.2) is 11.4 Å². The third-order valence-corrected chi connectivity index (χ3v) is 4.00. The fourth-order valence-corrected chi connectivity index (χ4v) is 2.70. The first-order valence-electron chi connectivity index (χ1n) is 6.46. The minimum absolute atomic E-state index is 0.0909. The van der Waals surface area contributed by atoms with E-state index in [1.54, 1.807) is 0 Å². The predicted molar refractivity (Wildman–Crippen MR) is 61.5 cm³/mol. The summed E-state index contributed by atoms with van der Waals surface area (Å²) in [6.07, 6.45) is 9.26. The van der Waals surface area contributed by atoms with E-state index in [0.29, 0.717) is 12.3 Å². The van der Waals surface area contributed by atoms with E-state index in [0.717, 1.165) is 25.7 Å². The zero-order valence-electron chi connectivity index (χ0n) is 9.80. The smallest absolute Gasteiger partial charge is 0.221 e. The summed E-state index contributed by atoms with van der Waals surface area (Å²) in [5.41, 5.74) is -0.543. The third-order valence-electron chi connectivity index (χ3n) is 4.00. The van der Waals surface area contributed by atoms with Gasteiger partial charge in [0.2, 0.25) is 5.91 Å². The lowest BCUT2D eigenvalue weighted by Crippen LogP contribution is -2.49. The average Bonchev–Trinajstić information content (AvgIpc) is 2.25. The van der Waals surface area contributed by atoms with Gasteiger partial charge in [-0.15, -0.1) is 0 Å². The Bertz CT molecular complexity index is 296. The van der Waals surface area contributed by atoms with E-state index in [-0.39, 0.29) is 5.91 Å². The largest absolute Gasteiger partial charge is 0.338 e. The van der Waals surface area contributed by atoms with Gasteiger partial charge in [-0.2, -0.15) is 5.26 Å². The second-order valence-corrected chi connectivity index (χ2v) is 5.30. The number of amides is 1. The molecule has 0 aromatic rings. The molecule has 1 N–H and O–H groups in total.